The molecule has 31 heavy (non-hydrogen) atoms. The van der Waals surface area contributed by atoms with Gasteiger partial charge in [0.05, 0.1) is 0 Å². The SMILES string of the molecule is Oc1ccc(C=Cc2cc(OCc3ccccc3)cc(OCc3ccccc3)c2)cc1. The highest BCUT2D eigenvalue weighted by atomic mass is 16.5. The minimum absolute atomic E-state index is 0.255. The van der Waals surface area contributed by atoms with Crippen LogP contribution in [0.1, 0.15) is 22.3 Å². The van der Waals surface area contributed by atoms with E-state index in [2.05, 4.69) is 0 Å². The molecule has 0 aliphatic rings. The van der Waals surface area contributed by atoms with E-state index < -0.39 is 0 Å². The number of phenolic OH excluding ortho intramolecular Hbond substituents is 1. The maximum atomic E-state index is 9.46. The Morgan fingerprint density at radius 2 is 1.03 bits per heavy atom. The van der Waals surface area contributed by atoms with E-state index in [1.54, 1.807) is 12.1 Å². The molecule has 3 heteroatoms. The molecule has 0 radical (unpaired) electrons. The Balaban J connectivity index is 1.53. The van der Waals surface area contributed by atoms with Gasteiger partial charge in [-0.2, -0.15) is 0 Å². The molecule has 0 atom stereocenters. The molecule has 154 valence electrons. The van der Waals surface area contributed by atoms with Crippen LogP contribution in [0.4, 0.5) is 0 Å². The first-order valence-electron chi connectivity index (χ1n) is 10.2. The van der Waals surface area contributed by atoms with Crippen LogP contribution in [-0.2, 0) is 13.2 Å². The van der Waals surface area contributed by atoms with Crippen molar-refractivity contribution in [1.29, 1.82) is 0 Å². The largest absolute Gasteiger partial charge is 0.508 e. The fraction of sp³-hybridized carbons (Fsp3) is 0.0714. The predicted molar refractivity (Wildman–Crippen MR) is 125 cm³/mol. The Bertz CT molecular complexity index is 1060. The summed E-state index contributed by atoms with van der Waals surface area (Å²) in [4.78, 5) is 0. The minimum Gasteiger partial charge on any atom is -0.508 e. The molecule has 0 aromatic heterocycles. The van der Waals surface area contributed by atoms with Crippen LogP contribution in [0.15, 0.2) is 103 Å². The zero-order chi connectivity index (χ0) is 21.3. The van der Waals surface area contributed by atoms with E-state index in [-0.39, 0.29) is 5.75 Å². The molecule has 0 amide bonds. The molecule has 0 unspecified atom stereocenters. The zero-order valence-electron chi connectivity index (χ0n) is 17.1. The Hall–Kier alpha value is -3.98. The molecule has 0 bridgehead atoms. The summed E-state index contributed by atoms with van der Waals surface area (Å²) in [6, 6.07) is 33.2. The first-order chi connectivity index (χ1) is 15.2. The van der Waals surface area contributed by atoms with E-state index in [4.69, 9.17) is 9.47 Å². The van der Waals surface area contributed by atoms with Crippen molar-refractivity contribution in [1.82, 2.24) is 0 Å². The molecule has 0 aliphatic heterocycles. The number of rotatable bonds is 8. The summed E-state index contributed by atoms with van der Waals surface area (Å²) >= 11 is 0. The van der Waals surface area contributed by atoms with Gasteiger partial charge in [-0.15, -0.1) is 0 Å². The van der Waals surface area contributed by atoms with Crippen LogP contribution in [-0.4, -0.2) is 5.11 Å². The summed E-state index contributed by atoms with van der Waals surface area (Å²) in [6.07, 6.45) is 4.01. The van der Waals surface area contributed by atoms with Crippen LogP contribution >= 0.6 is 0 Å². The number of hydrogen-bond acceptors (Lipinski definition) is 3. The van der Waals surface area contributed by atoms with Gasteiger partial charge in [0.2, 0.25) is 0 Å². The molecule has 0 aliphatic carbocycles. The van der Waals surface area contributed by atoms with Crippen molar-refractivity contribution in [2.45, 2.75) is 13.2 Å². The average molecular weight is 408 g/mol. The van der Waals surface area contributed by atoms with Crippen molar-refractivity contribution in [3.8, 4) is 17.2 Å². The van der Waals surface area contributed by atoms with Crippen LogP contribution < -0.4 is 9.47 Å². The first-order valence-corrected chi connectivity index (χ1v) is 10.2. The van der Waals surface area contributed by atoms with Gasteiger partial charge in [-0.1, -0.05) is 84.9 Å². The van der Waals surface area contributed by atoms with Crippen LogP contribution in [0, 0.1) is 0 Å². The Kier molecular flexibility index (Phi) is 6.66. The fourth-order valence-electron chi connectivity index (χ4n) is 3.12. The van der Waals surface area contributed by atoms with Crippen molar-refractivity contribution in [3.63, 3.8) is 0 Å². The molecule has 0 saturated heterocycles. The summed E-state index contributed by atoms with van der Waals surface area (Å²) in [5, 5.41) is 9.46. The van der Waals surface area contributed by atoms with Gasteiger partial charge in [0, 0.05) is 6.07 Å². The first kappa shape index (κ1) is 20.3. The van der Waals surface area contributed by atoms with Gasteiger partial charge >= 0.3 is 0 Å². The van der Waals surface area contributed by atoms with Gasteiger partial charge in [-0.05, 0) is 46.5 Å². The fourth-order valence-corrected chi connectivity index (χ4v) is 3.12. The summed E-state index contributed by atoms with van der Waals surface area (Å²) < 4.78 is 12.1. The highest BCUT2D eigenvalue weighted by molar-refractivity contribution is 5.71. The molecule has 0 spiro atoms. The molecule has 0 fully saturated rings. The predicted octanol–water partition coefficient (Wildman–Crippen LogP) is 6.72. The lowest BCUT2D eigenvalue weighted by atomic mass is 10.1. The number of hydrogen-bond donors (Lipinski definition) is 1. The molecule has 4 aromatic carbocycles. The van der Waals surface area contributed by atoms with Crippen LogP contribution in [0.25, 0.3) is 12.2 Å². The lowest BCUT2D eigenvalue weighted by Crippen LogP contribution is -1.98. The van der Waals surface area contributed by atoms with Crippen LogP contribution in [0.2, 0.25) is 0 Å². The number of ether oxygens (including phenoxy) is 2. The number of benzene rings is 4. The summed E-state index contributed by atoms with van der Waals surface area (Å²) in [6.45, 7) is 0.980. The standard InChI is InChI=1S/C28H24O3/c29-26-15-13-22(14-16-26)11-12-25-17-27(30-20-23-7-3-1-4-8-23)19-28(18-25)31-21-24-9-5-2-6-10-24/h1-19,29H,20-21H2. The summed E-state index contributed by atoms with van der Waals surface area (Å²) in [5.41, 5.74) is 4.19. The quantitative estimate of drug-likeness (QED) is 0.329. The highest BCUT2D eigenvalue weighted by Crippen LogP contribution is 2.26. The summed E-state index contributed by atoms with van der Waals surface area (Å²) in [7, 11) is 0. The molecular formula is C28H24O3. The minimum atomic E-state index is 0.255. The molecule has 0 saturated carbocycles. The molecule has 4 aromatic rings. The van der Waals surface area contributed by atoms with Gasteiger partial charge in [0.15, 0.2) is 0 Å². The second-order valence-electron chi connectivity index (χ2n) is 7.21. The van der Waals surface area contributed by atoms with E-state index >= 15 is 0 Å². The van der Waals surface area contributed by atoms with Crippen molar-refractivity contribution in [2.75, 3.05) is 0 Å². The second-order valence-corrected chi connectivity index (χ2v) is 7.21. The van der Waals surface area contributed by atoms with E-state index in [0.29, 0.717) is 13.2 Å². The van der Waals surface area contributed by atoms with E-state index in [0.717, 1.165) is 33.8 Å². The third kappa shape index (κ3) is 6.25. The Morgan fingerprint density at radius 1 is 0.548 bits per heavy atom. The molecule has 0 heterocycles. The van der Waals surface area contributed by atoms with Gasteiger partial charge in [-0.25, -0.2) is 0 Å². The van der Waals surface area contributed by atoms with E-state index in [1.807, 2.05) is 103 Å². The summed E-state index contributed by atoms with van der Waals surface area (Å²) in [5.74, 6) is 1.75. The van der Waals surface area contributed by atoms with Crippen LogP contribution in [0.3, 0.4) is 0 Å². The van der Waals surface area contributed by atoms with E-state index in [1.165, 1.54) is 0 Å². The normalized spacial score (nSPS) is 10.8. The van der Waals surface area contributed by atoms with Crippen molar-refractivity contribution >= 4 is 12.2 Å². The molecular weight excluding hydrogens is 384 g/mol. The van der Waals surface area contributed by atoms with Gasteiger partial charge < -0.3 is 14.6 Å². The van der Waals surface area contributed by atoms with Crippen molar-refractivity contribution < 1.29 is 14.6 Å². The Morgan fingerprint density at radius 3 is 1.55 bits per heavy atom. The monoisotopic (exact) mass is 408 g/mol. The average Bonchev–Trinajstić information content (AvgIpc) is 2.82. The molecule has 4 rings (SSSR count). The van der Waals surface area contributed by atoms with Gasteiger partial charge in [0.1, 0.15) is 30.5 Å². The van der Waals surface area contributed by atoms with Crippen molar-refractivity contribution in [3.05, 3.63) is 125 Å². The lowest BCUT2D eigenvalue weighted by molar-refractivity contribution is 0.290. The van der Waals surface area contributed by atoms with Crippen LogP contribution in [0.5, 0.6) is 17.2 Å². The number of phenols is 1. The third-order valence-electron chi connectivity index (χ3n) is 4.76. The third-order valence-corrected chi connectivity index (χ3v) is 4.76. The number of aromatic hydroxyl groups is 1. The van der Waals surface area contributed by atoms with Gasteiger partial charge in [-0.3, -0.25) is 0 Å². The van der Waals surface area contributed by atoms with E-state index in [9.17, 15) is 5.11 Å². The topological polar surface area (TPSA) is 38.7 Å². The Labute approximate surface area is 182 Å². The highest BCUT2D eigenvalue weighted by Gasteiger charge is 2.04. The van der Waals surface area contributed by atoms with Crippen molar-refractivity contribution in [2.24, 2.45) is 0 Å². The lowest BCUT2D eigenvalue weighted by Gasteiger charge is -2.12. The molecule has 3 nitrogen and oxygen atoms in total. The van der Waals surface area contributed by atoms with Gasteiger partial charge in [0.25, 0.3) is 0 Å². The second kappa shape index (κ2) is 10.2. The zero-order valence-corrected chi connectivity index (χ0v) is 17.1. The molecule has 1 N–H and O–H groups in total. The maximum Gasteiger partial charge on any atom is 0.124 e. The smallest absolute Gasteiger partial charge is 0.124 e. The maximum absolute atomic E-state index is 9.46.